The number of para-hydroxylation sites is 1. The van der Waals surface area contributed by atoms with Gasteiger partial charge >= 0.3 is 0 Å². The van der Waals surface area contributed by atoms with E-state index in [1.807, 2.05) is 95.6 Å². The lowest BCUT2D eigenvalue weighted by atomic mass is 10.0. The van der Waals surface area contributed by atoms with E-state index in [-0.39, 0.29) is 5.91 Å². The molecule has 0 radical (unpaired) electrons. The van der Waals surface area contributed by atoms with Crippen molar-refractivity contribution in [2.75, 3.05) is 0 Å². The van der Waals surface area contributed by atoms with E-state index in [2.05, 4.69) is 27.6 Å². The second kappa shape index (κ2) is 9.32. The van der Waals surface area contributed by atoms with Gasteiger partial charge in [-0.05, 0) is 29.8 Å². The SMILES string of the molecule is O=C(N/N=C(/c1ccccc1)c1ccncc1)c1cc2ccccc2n1Cc1ccccc1. The first-order valence-electron chi connectivity index (χ1n) is 10.8. The van der Waals surface area contributed by atoms with Crippen LogP contribution in [0.25, 0.3) is 10.9 Å². The van der Waals surface area contributed by atoms with Gasteiger partial charge in [0, 0.05) is 41.0 Å². The van der Waals surface area contributed by atoms with E-state index in [4.69, 9.17) is 0 Å². The molecule has 2 aromatic heterocycles. The van der Waals surface area contributed by atoms with Crippen molar-refractivity contribution in [2.45, 2.75) is 6.54 Å². The highest BCUT2D eigenvalue weighted by Crippen LogP contribution is 2.21. The van der Waals surface area contributed by atoms with Gasteiger partial charge in [0.15, 0.2) is 0 Å². The molecule has 0 saturated carbocycles. The Morgan fingerprint density at radius 1 is 0.788 bits per heavy atom. The molecular formula is C28H22N4O. The number of nitrogens with one attached hydrogen (secondary N) is 1. The number of carbonyl (C=O) groups is 1. The minimum absolute atomic E-state index is 0.260. The van der Waals surface area contributed by atoms with E-state index in [9.17, 15) is 4.79 Å². The summed E-state index contributed by atoms with van der Waals surface area (Å²) in [5, 5.41) is 5.55. The molecule has 0 unspecified atom stereocenters. The molecule has 0 aliphatic carbocycles. The van der Waals surface area contributed by atoms with Gasteiger partial charge in [-0.3, -0.25) is 9.78 Å². The fourth-order valence-electron chi connectivity index (χ4n) is 3.90. The number of nitrogens with zero attached hydrogens (tertiary/aromatic N) is 3. The summed E-state index contributed by atoms with van der Waals surface area (Å²) in [4.78, 5) is 17.4. The predicted molar refractivity (Wildman–Crippen MR) is 131 cm³/mol. The Kier molecular flexibility index (Phi) is 5.76. The standard InChI is InChI=1S/C28H22N4O/c33-28(31-30-27(22-11-5-2-6-12-22)23-15-17-29-18-16-23)26-19-24-13-7-8-14-25(24)32(26)20-21-9-3-1-4-10-21/h1-19H,20H2,(H,31,33)/b30-27-. The molecule has 0 bridgehead atoms. The summed E-state index contributed by atoms with van der Waals surface area (Å²) in [7, 11) is 0. The molecule has 0 atom stereocenters. The molecule has 5 aromatic rings. The van der Waals surface area contributed by atoms with Gasteiger partial charge < -0.3 is 4.57 Å². The van der Waals surface area contributed by atoms with Crippen molar-refractivity contribution < 1.29 is 4.79 Å². The summed E-state index contributed by atoms with van der Waals surface area (Å²) in [5.41, 5.74) is 7.95. The summed E-state index contributed by atoms with van der Waals surface area (Å²) in [6, 6.07) is 33.6. The number of hydrogen-bond donors (Lipinski definition) is 1. The third kappa shape index (κ3) is 4.43. The minimum Gasteiger partial charge on any atom is -0.332 e. The maximum Gasteiger partial charge on any atom is 0.288 e. The first kappa shape index (κ1) is 20.4. The second-order valence-electron chi connectivity index (χ2n) is 7.66. The predicted octanol–water partition coefficient (Wildman–Crippen LogP) is 5.27. The molecular weight excluding hydrogens is 408 g/mol. The molecule has 1 amide bonds. The van der Waals surface area contributed by atoms with Crippen LogP contribution in [0.15, 0.2) is 121 Å². The summed E-state index contributed by atoms with van der Waals surface area (Å²) in [6.45, 7) is 0.594. The summed E-state index contributed by atoms with van der Waals surface area (Å²) >= 11 is 0. The first-order valence-corrected chi connectivity index (χ1v) is 10.8. The van der Waals surface area contributed by atoms with E-state index in [1.54, 1.807) is 12.4 Å². The Morgan fingerprint density at radius 2 is 1.42 bits per heavy atom. The number of benzene rings is 3. The van der Waals surface area contributed by atoms with Gasteiger partial charge in [0.25, 0.3) is 5.91 Å². The van der Waals surface area contributed by atoms with Gasteiger partial charge in [-0.15, -0.1) is 0 Å². The van der Waals surface area contributed by atoms with E-state index >= 15 is 0 Å². The summed E-state index contributed by atoms with van der Waals surface area (Å²) < 4.78 is 2.03. The van der Waals surface area contributed by atoms with E-state index < -0.39 is 0 Å². The molecule has 0 aliphatic heterocycles. The maximum atomic E-state index is 13.3. The summed E-state index contributed by atoms with van der Waals surface area (Å²) in [6.07, 6.45) is 3.43. The largest absolute Gasteiger partial charge is 0.332 e. The Labute approximate surface area is 192 Å². The number of carbonyl (C=O) groups excluding carboxylic acids is 1. The monoisotopic (exact) mass is 430 g/mol. The fraction of sp³-hybridized carbons (Fsp3) is 0.0357. The number of hydrazone groups is 1. The lowest BCUT2D eigenvalue weighted by molar-refractivity contribution is 0.0946. The number of hydrogen-bond acceptors (Lipinski definition) is 3. The van der Waals surface area contributed by atoms with Crippen LogP contribution in [0, 0.1) is 0 Å². The van der Waals surface area contributed by atoms with Gasteiger partial charge in [0.1, 0.15) is 5.69 Å². The van der Waals surface area contributed by atoms with Crippen molar-refractivity contribution >= 4 is 22.5 Å². The second-order valence-corrected chi connectivity index (χ2v) is 7.66. The van der Waals surface area contributed by atoms with Gasteiger partial charge in [-0.25, -0.2) is 5.43 Å². The number of rotatable bonds is 6. The molecule has 5 nitrogen and oxygen atoms in total. The van der Waals surface area contributed by atoms with Crippen molar-refractivity contribution in [2.24, 2.45) is 5.10 Å². The quantitative estimate of drug-likeness (QED) is 0.295. The lowest BCUT2D eigenvalue weighted by Gasteiger charge is -2.11. The zero-order chi connectivity index (χ0) is 22.5. The topological polar surface area (TPSA) is 59.3 Å². The third-order valence-electron chi connectivity index (χ3n) is 5.50. The highest BCUT2D eigenvalue weighted by atomic mass is 16.2. The molecule has 2 heterocycles. The Morgan fingerprint density at radius 3 is 2.18 bits per heavy atom. The zero-order valence-corrected chi connectivity index (χ0v) is 17.9. The number of pyridine rings is 1. The molecule has 3 aromatic carbocycles. The van der Waals surface area contributed by atoms with Crippen LogP contribution in [0.4, 0.5) is 0 Å². The van der Waals surface area contributed by atoms with E-state index in [0.717, 1.165) is 27.6 Å². The van der Waals surface area contributed by atoms with Crippen molar-refractivity contribution in [3.63, 3.8) is 0 Å². The number of aromatic nitrogens is 2. The minimum atomic E-state index is -0.260. The highest BCUT2D eigenvalue weighted by molar-refractivity contribution is 6.13. The van der Waals surface area contributed by atoms with Crippen LogP contribution in [-0.2, 0) is 6.54 Å². The van der Waals surface area contributed by atoms with Gasteiger partial charge in [0.05, 0.1) is 5.71 Å². The highest BCUT2D eigenvalue weighted by Gasteiger charge is 2.16. The normalized spacial score (nSPS) is 11.5. The first-order chi connectivity index (χ1) is 16.3. The van der Waals surface area contributed by atoms with E-state index in [1.165, 1.54) is 0 Å². The third-order valence-corrected chi connectivity index (χ3v) is 5.50. The van der Waals surface area contributed by atoms with Crippen molar-refractivity contribution in [3.8, 4) is 0 Å². The van der Waals surface area contributed by atoms with Crippen molar-refractivity contribution in [1.82, 2.24) is 15.0 Å². The van der Waals surface area contributed by atoms with Crippen molar-refractivity contribution in [3.05, 3.63) is 138 Å². The Hall–Kier alpha value is -4.51. The molecule has 0 aliphatic rings. The van der Waals surface area contributed by atoms with Crippen LogP contribution in [0.5, 0.6) is 0 Å². The van der Waals surface area contributed by atoms with Gasteiger partial charge in [-0.2, -0.15) is 5.10 Å². The molecule has 5 heteroatoms. The van der Waals surface area contributed by atoms with Gasteiger partial charge in [-0.1, -0.05) is 78.9 Å². The molecule has 1 N–H and O–H groups in total. The number of fused-ring (bicyclic) bond motifs is 1. The van der Waals surface area contributed by atoms with Crippen LogP contribution < -0.4 is 5.43 Å². The van der Waals surface area contributed by atoms with Crippen LogP contribution in [0.1, 0.15) is 27.2 Å². The molecule has 0 spiro atoms. The van der Waals surface area contributed by atoms with Crippen LogP contribution in [0.3, 0.4) is 0 Å². The molecule has 160 valence electrons. The van der Waals surface area contributed by atoms with Crippen LogP contribution >= 0.6 is 0 Å². The average Bonchev–Trinajstić information content (AvgIpc) is 3.24. The molecule has 0 saturated heterocycles. The maximum absolute atomic E-state index is 13.3. The van der Waals surface area contributed by atoms with Crippen LogP contribution in [0.2, 0.25) is 0 Å². The lowest BCUT2D eigenvalue weighted by Crippen LogP contribution is -2.23. The van der Waals surface area contributed by atoms with Crippen molar-refractivity contribution in [1.29, 1.82) is 0 Å². The van der Waals surface area contributed by atoms with Crippen LogP contribution in [-0.4, -0.2) is 21.2 Å². The fourth-order valence-corrected chi connectivity index (χ4v) is 3.90. The zero-order valence-electron chi connectivity index (χ0n) is 17.9. The smallest absolute Gasteiger partial charge is 0.288 e. The molecule has 0 fully saturated rings. The molecule has 5 rings (SSSR count). The van der Waals surface area contributed by atoms with E-state index in [0.29, 0.717) is 18.0 Å². The summed E-state index contributed by atoms with van der Waals surface area (Å²) in [5.74, 6) is -0.260. The number of amides is 1. The Bertz CT molecular complexity index is 1370. The van der Waals surface area contributed by atoms with Gasteiger partial charge in [0.2, 0.25) is 0 Å². The average molecular weight is 431 g/mol. The Balaban J connectivity index is 1.52. The molecule has 33 heavy (non-hydrogen) atoms.